The van der Waals surface area contributed by atoms with E-state index in [0.717, 1.165) is 10.8 Å². The molecule has 0 bridgehead atoms. The van der Waals surface area contributed by atoms with Crippen molar-refractivity contribution in [1.29, 1.82) is 5.26 Å². The molecule has 2 aromatic carbocycles. The molecular weight excluding hydrogens is 378 g/mol. The first-order valence-corrected chi connectivity index (χ1v) is 8.08. The average molecular weight is 394 g/mol. The summed E-state index contributed by atoms with van der Waals surface area (Å²) in [4.78, 5) is 19.1. The molecule has 2 heterocycles. The molecular formula is C21H16ClN3O3. The standard InChI is InChI=1S/C11H9NO2.C10H6N2O.ClH/c1-7(13)9-6-5-8-3-2-4-10(14)11(8)12-9;11-6-8-5-4-7-2-1-3-9(13)10(7)12-8;/h2-6,14H,1H3;1-5,13H;1H. The minimum Gasteiger partial charge on any atom is -0.506 e. The molecule has 0 saturated heterocycles. The molecule has 6 nitrogen and oxygen atoms in total. The van der Waals surface area contributed by atoms with Crippen LogP contribution in [0.5, 0.6) is 11.5 Å². The van der Waals surface area contributed by atoms with Crippen LogP contribution >= 0.6 is 12.4 Å². The van der Waals surface area contributed by atoms with Crippen molar-refractivity contribution in [2.45, 2.75) is 6.92 Å². The molecule has 2 N–H and O–H groups in total. The van der Waals surface area contributed by atoms with Crippen molar-refractivity contribution in [2.24, 2.45) is 0 Å². The number of nitriles is 1. The maximum absolute atomic E-state index is 11.1. The fourth-order valence-electron chi connectivity index (χ4n) is 2.52. The molecule has 0 saturated carbocycles. The maximum atomic E-state index is 11.1. The number of aromatic nitrogens is 2. The Morgan fingerprint density at radius 1 is 0.857 bits per heavy atom. The number of rotatable bonds is 1. The third-order valence-electron chi connectivity index (χ3n) is 3.87. The Kier molecular flexibility index (Phi) is 6.48. The Balaban J connectivity index is 0.000000194. The zero-order valence-corrected chi connectivity index (χ0v) is 15.6. The monoisotopic (exact) mass is 393 g/mol. The number of carbonyl (C=O) groups is 1. The van der Waals surface area contributed by atoms with Gasteiger partial charge < -0.3 is 10.2 Å². The molecule has 0 fully saturated rings. The van der Waals surface area contributed by atoms with Crippen molar-refractivity contribution < 1.29 is 15.0 Å². The van der Waals surface area contributed by atoms with Gasteiger partial charge >= 0.3 is 0 Å². The number of para-hydroxylation sites is 2. The van der Waals surface area contributed by atoms with Crippen LogP contribution in [0.4, 0.5) is 0 Å². The molecule has 0 aliphatic heterocycles. The van der Waals surface area contributed by atoms with Gasteiger partial charge in [0.15, 0.2) is 5.78 Å². The van der Waals surface area contributed by atoms with Crippen LogP contribution in [0.1, 0.15) is 23.1 Å². The van der Waals surface area contributed by atoms with E-state index in [1.54, 1.807) is 48.5 Å². The Bertz CT molecular complexity index is 1200. The summed E-state index contributed by atoms with van der Waals surface area (Å²) in [5.74, 6) is 0.107. The quantitative estimate of drug-likeness (QED) is 0.465. The highest BCUT2D eigenvalue weighted by atomic mass is 35.5. The number of phenolic OH excluding ortho intramolecular Hbond substituents is 2. The lowest BCUT2D eigenvalue weighted by molar-refractivity contribution is 0.101. The fourth-order valence-corrected chi connectivity index (χ4v) is 2.52. The van der Waals surface area contributed by atoms with Crippen LogP contribution in [-0.2, 0) is 0 Å². The largest absolute Gasteiger partial charge is 0.506 e. The number of benzene rings is 2. The van der Waals surface area contributed by atoms with E-state index in [1.807, 2.05) is 18.2 Å². The van der Waals surface area contributed by atoms with Crippen LogP contribution in [0.2, 0.25) is 0 Å². The van der Waals surface area contributed by atoms with Crippen molar-refractivity contribution in [3.63, 3.8) is 0 Å². The summed E-state index contributed by atoms with van der Waals surface area (Å²) in [6, 6.07) is 19.0. The first kappa shape index (κ1) is 20.6. The first-order valence-electron chi connectivity index (χ1n) is 8.08. The predicted molar refractivity (Wildman–Crippen MR) is 109 cm³/mol. The van der Waals surface area contributed by atoms with E-state index in [0.29, 0.717) is 22.4 Å². The van der Waals surface area contributed by atoms with E-state index < -0.39 is 0 Å². The zero-order valence-electron chi connectivity index (χ0n) is 14.8. The maximum Gasteiger partial charge on any atom is 0.178 e. The first-order chi connectivity index (χ1) is 13.0. The summed E-state index contributed by atoms with van der Waals surface area (Å²) >= 11 is 0. The van der Waals surface area contributed by atoms with Crippen molar-refractivity contribution in [2.75, 3.05) is 0 Å². The summed E-state index contributed by atoms with van der Waals surface area (Å²) in [5, 5.41) is 29.2. The van der Waals surface area contributed by atoms with Crippen LogP contribution < -0.4 is 0 Å². The summed E-state index contributed by atoms with van der Waals surface area (Å²) < 4.78 is 0. The minimum atomic E-state index is -0.102. The van der Waals surface area contributed by atoms with Crippen LogP contribution in [0, 0.1) is 11.3 Å². The second kappa shape index (κ2) is 8.80. The number of nitrogens with zero attached hydrogens (tertiary/aromatic N) is 3. The van der Waals surface area contributed by atoms with E-state index in [2.05, 4.69) is 9.97 Å². The van der Waals surface area contributed by atoms with E-state index in [-0.39, 0.29) is 29.7 Å². The lowest BCUT2D eigenvalue weighted by atomic mass is 10.1. The predicted octanol–water partition coefficient (Wildman–Crippen LogP) is 4.38. The Morgan fingerprint density at radius 2 is 1.39 bits per heavy atom. The second-order valence-electron chi connectivity index (χ2n) is 5.76. The van der Waals surface area contributed by atoms with Gasteiger partial charge in [-0.3, -0.25) is 4.79 Å². The molecule has 0 spiro atoms. The van der Waals surface area contributed by atoms with Gasteiger partial charge in [0.25, 0.3) is 0 Å². The van der Waals surface area contributed by atoms with E-state index >= 15 is 0 Å². The Morgan fingerprint density at radius 3 is 1.93 bits per heavy atom. The van der Waals surface area contributed by atoms with Crippen molar-refractivity contribution in [3.8, 4) is 17.6 Å². The number of fused-ring (bicyclic) bond motifs is 2. The Hall–Kier alpha value is -3.69. The summed E-state index contributed by atoms with van der Waals surface area (Å²) in [6.45, 7) is 1.45. The topological polar surface area (TPSA) is 107 Å². The lowest BCUT2D eigenvalue weighted by Gasteiger charge is -2.01. The highest BCUT2D eigenvalue weighted by Crippen LogP contribution is 2.23. The highest BCUT2D eigenvalue weighted by molar-refractivity contribution is 5.95. The number of hydrogen-bond acceptors (Lipinski definition) is 6. The molecule has 28 heavy (non-hydrogen) atoms. The molecule has 140 valence electrons. The summed E-state index contributed by atoms with van der Waals surface area (Å²) in [7, 11) is 0. The van der Waals surface area contributed by atoms with Gasteiger partial charge in [-0.2, -0.15) is 5.26 Å². The smallest absolute Gasteiger partial charge is 0.178 e. The molecule has 0 aliphatic carbocycles. The third-order valence-corrected chi connectivity index (χ3v) is 3.87. The van der Waals surface area contributed by atoms with Crippen LogP contribution in [-0.4, -0.2) is 26.0 Å². The number of aromatic hydroxyl groups is 2. The number of halogens is 1. The van der Waals surface area contributed by atoms with Gasteiger partial charge in [0.1, 0.15) is 40.0 Å². The van der Waals surface area contributed by atoms with Gasteiger partial charge in [-0.15, -0.1) is 12.4 Å². The molecule has 0 unspecified atom stereocenters. The zero-order chi connectivity index (χ0) is 19.4. The Labute approximate surface area is 167 Å². The molecule has 0 radical (unpaired) electrons. The summed E-state index contributed by atoms with van der Waals surface area (Å²) in [6.07, 6.45) is 0. The molecule has 0 amide bonds. The number of carbonyl (C=O) groups excluding carboxylic acids is 1. The normalized spacial score (nSPS) is 9.71. The van der Waals surface area contributed by atoms with Gasteiger partial charge in [-0.25, -0.2) is 9.97 Å². The van der Waals surface area contributed by atoms with Crippen molar-refractivity contribution in [3.05, 3.63) is 72.1 Å². The SMILES string of the molecule is CC(=O)c1ccc2cccc(O)c2n1.Cl.N#Cc1ccc2cccc(O)c2n1. The van der Waals surface area contributed by atoms with Crippen LogP contribution in [0.15, 0.2) is 60.7 Å². The number of hydrogen-bond donors (Lipinski definition) is 2. The van der Waals surface area contributed by atoms with E-state index in [1.165, 1.54) is 6.92 Å². The van der Waals surface area contributed by atoms with Gasteiger partial charge in [0.2, 0.25) is 0 Å². The molecule has 7 heteroatoms. The molecule has 0 aliphatic rings. The number of phenols is 2. The fraction of sp³-hybridized carbons (Fsp3) is 0.0476. The number of pyridine rings is 2. The summed E-state index contributed by atoms with van der Waals surface area (Å²) in [5.41, 5.74) is 1.63. The number of ketones is 1. The van der Waals surface area contributed by atoms with Crippen molar-refractivity contribution >= 4 is 40.0 Å². The van der Waals surface area contributed by atoms with Gasteiger partial charge in [0.05, 0.1) is 0 Å². The second-order valence-corrected chi connectivity index (χ2v) is 5.76. The highest BCUT2D eigenvalue weighted by Gasteiger charge is 2.05. The van der Waals surface area contributed by atoms with E-state index in [4.69, 9.17) is 5.26 Å². The number of Topliss-reactive ketones (excluding diaryl/α,β-unsaturated/α-hetero) is 1. The molecule has 4 rings (SSSR count). The minimum absolute atomic E-state index is 0. The van der Waals surface area contributed by atoms with Crippen LogP contribution in [0.25, 0.3) is 21.8 Å². The van der Waals surface area contributed by atoms with Gasteiger partial charge in [0, 0.05) is 17.7 Å². The molecule has 2 aromatic heterocycles. The van der Waals surface area contributed by atoms with Gasteiger partial charge in [-0.05, 0) is 30.3 Å². The van der Waals surface area contributed by atoms with Gasteiger partial charge in [-0.1, -0.05) is 30.3 Å². The molecule has 0 atom stereocenters. The third kappa shape index (κ3) is 4.34. The average Bonchev–Trinajstić information content (AvgIpc) is 2.68. The van der Waals surface area contributed by atoms with Crippen molar-refractivity contribution in [1.82, 2.24) is 9.97 Å². The van der Waals surface area contributed by atoms with E-state index in [9.17, 15) is 15.0 Å². The molecule has 4 aromatic rings. The lowest BCUT2D eigenvalue weighted by Crippen LogP contribution is -1.96. The van der Waals surface area contributed by atoms with Crippen LogP contribution in [0.3, 0.4) is 0 Å².